The Bertz CT molecular complexity index is 446. The van der Waals surface area contributed by atoms with E-state index in [1.807, 2.05) is 50.3 Å². The third kappa shape index (κ3) is 1.70. The second kappa shape index (κ2) is 3.95. The van der Waals surface area contributed by atoms with Gasteiger partial charge in [-0.2, -0.15) is 5.10 Å². The molecule has 0 atom stereocenters. The Kier molecular flexibility index (Phi) is 2.64. The number of anilines is 1. The van der Waals surface area contributed by atoms with Crippen molar-refractivity contribution >= 4 is 28.6 Å². The summed E-state index contributed by atoms with van der Waals surface area (Å²) >= 11 is 5.36. The summed E-state index contributed by atoms with van der Waals surface area (Å²) in [6, 6.07) is 9.95. The van der Waals surface area contributed by atoms with E-state index >= 15 is 0 Å². The maximum atomic E-state index is 5.36. The van der Waals surface area contributed by atoms with Crippen LogP contribution in [-0.4, -0.2) is 10.7 Å². The van der Waals surface area contributed by atoms with Gasteiger partial charge in [0.1, 0.15) is 4.99 Å². The van der Waals surface area contributed by atoms with E-state index in [9.17, 15) is 0 Å². The van der Waals surface area contributed by atoms with Crippen molar-refractivity contribution in [3.05, 3.63) is 42.0 Å². The Morgan fingerprint density at radius 1 is 1.27 bits per heavy atom. The normalized spacial score (nSPS) is 18.5. The highest BCUT2D eigenvalue weighted by molar-refractivity contribution is 7.81. The van der Waals surface area contributed by atoms with Gasteiger partial charge in [-0.15, -0.1) is 0 Å². The highest BCUT2D eigenvalue weighted by Gasteiger charge is 2.23. The molecule has 1 aromatic rings. The first kappa shape index (κ1) is 10.1. The van der Waals surface area contributed by atoms with Gasteiger partial charge in [0.2, 0.25) is 0 Å². The molecule has 0 bridgehead atoms. The molecule has 0 spiro atoms. The Hall–Kier alpha value is -1.48. The van der Waals surface area contributed by atoms with Crippen LogP contribution in [0, 0.1) is 0 Å². The number of thiocarbonyl (C=S) groups is 1. The van der Waals surface area contributed by atoms with Crippen LogP contribution in [0.15, 0.2) is 47.1 Å². The molecule has 1 heterocycles. The summed E-state index contributed by atoms with van der Waals surface area (Å²) in [5.74, 6) is 0. The predicted octanol–water partition coefficient (Wildman–Crippen LogP) is 3.16. The van der Waals surface area contributed by atoms with Crippen molar-refractivity contribution in [1.82, 2.24) is 0 Å². The average molecular weight is 216 g/mol. The number of hydrogen-bond donors (Lipinski definition) is 0. The van der Waals surface area contributed by atoms with Gasteiger partial charge in [0.15, 0.2) is 0 Å². The molecule has 0 saturated carbocycles. The van der Waals surface area contributed by atoms with Gasteiger partial charge in [0.25, 0.3) is 0 Å². The summed E-state index contributed by atoms with van der Waals surface area (Å²) in [6.07, 6.45) is 2.00. The molecule has 3 heteroatoms. The lowest BCUT2D eigenvalue weighted by atomic mass is 10.2. The van der Waals surface area contributed by atoms with Gasteiger partial charge in [0.05, 0.1) is 11.4 Å². The zero-order chi connectivity index (χ0) is 10.8. The first-order chi connectivity index (χ1) is 7.24. The van der Waals surface area contributed by atoms with Crippen molar-refractivity contribution in [2.45, 2.75) is 13.8 Å². The highest BCUT2D eigenvalue weighted by Crippen LogP contribution is 2.23. The summed E-state index contributed by atoms with van der Waals surface area (Å²) in [5, 5.41) is 6.24. The predicted molar refractivity (Wildman–Crippen MR) is 68.4 cm³/mol. The quantitative estimate of drug-likeness (QED) is 0.529. The fourth-order valence-electron chi connectivity index (χ4n) is 1.59. The maximum absolute atomic E-state index is 5.36. The van der Waals surface area contributed by atoms with Gasteiger partial charge in [-0.25, -0.2) is 5.01 Å². The Morgan fingerprint density at radius 3 is 2.47 bits per heavy atom. The highest BCUT2D eigenvalue weighted by atomic mass is 32.1. The van der Waals surface area contributed by atoms with Gasteiger partial charge >= 0.3 is 0 Å². The third-order valence-corrected chi connectivity index (χ3v) is 2.74. The molecule has 15 heavy (non-hydrogen) atoms. The molecule has 0 saturated heterocycles. The molecule has 0 N–H and O–H groups in total. The Labute approximate surface area is 94.9 Å². The molecule has 0 aromatic heterocycles. The zero-order valence-electron chi connectivity index (χ0n) is 8.77. The molecule has 0 aliphatic carbocycles. The molecular formula is C12H12N2S. The van der Waals surface area contributed by atoms with Crippen LogP contribution < -0.4 is 5.01 Å². The number of hydrogen-bond acceptors (Lipinski definition) is 2. The molecule has 1 aliphatic rings. The van der Waals surface area contributed by atoms with Crippen LogP contribution in [-0.2, 0) is 0 Å². The van der Waals surface area contributed by atoms with Crippen molar-refractivity contribution < 1.29 is 0 Å². The van der Waals surface area contributed by atoms with Crippen molar-refractivity contribution in [3.8, 4) is 0 Å². The maximum Gasteiger partial charge on any atom is 0.137 e. The summed E-state index contributed by atoms with van der Waals surface area (Å²) in [4.78, 5) is 0.779. The van der Waals surface area contributed by atoms with Gasteiger partial charge in [-0.3, -0.25) is 0 Å². The zero-order valence-corrected chi connectivity index (χ0v) is 9.58. The largest absolute Gasteiger partial charge is 0.222 e. The first-order valence-corrected chi connectivity index (χ1v) is 5.26. The van der Waals surface area contributed by atoms with E-state index in [0.29, 0.717) is 0 Å². The number of para-hydroxylation sites is 1. The van der Waals surface area contributed by atoms with Crippen LogP contribution in [0.4, 0.5) is 5.69 Å². The molecule has 76 valence electrons. The Balaban J connectivity index is 2.40. The van der Waals surface area contributed by atoms with E-state index in [0.717, 1.165) is 22.0 Å². The number of benzene rings is 1. The third-order valence-electron chi connectivity index (χ3n) is 2.35. The fourth-order valence-corrected chi connectivity index (χ4v) is 2.01. The molecule has 2 rings (SSSR count). The number of rotatable bonds is 1. The lowest BCUT2D eigenvalue weighted by Gasteiger charge is -2.13. The number of nitrogens with zero attached hydrogens (tertiary/aromatic N) is 2. The minimum absolute atomic E-state index is 0.779. The van der Waals surface area contributed by atoms with Crippen LogP contribution in [0.5, 0.6) is 0 Å². The van der Waals surface area contributed by atoms with E-state index in [-0.39, 0.29) is 0 Å². The first-order valence-electron chi connectivity index (χ1n) is 4.85. The summed E-state index contributed by atoms with van der Waals surface area (Å²) in [5.41, 5.74) is 3.04. The van der Waals surface area contributed by atoms with Crippen LogP contribution in [0.1, 0.15) is 13.8 Å². The van der Waals surface area contributed by atoms with Crippen molar-refractivity contribution in [2.75, 3.05) is 5.01 Å². The molecule has 2 nitrogen and oxygen atoms in total. The van der Waals surface area contributed by atoms with Crippen molar-refractivity contribution in [1.29, 1.82) is 0 Å². The second-order valence-electron chi connectivity index (χ2n) is 3.34. The topological polar surface area (TPSA) is 15.6 Å². The van der Waals surface area contributed by atoms with Gasteiger partial charge in [0, 0.05) is 5.57 Å². The molecular weight excluding hydrogens is 204 g/mol. The minimum Gasteiger partial charge on any atom is -0.222 e. The van der Waals surface area contributed by atoms with E-state index in [2.05, 4.69) is 5.10 Å². The lowest BCUT2D eigenvalue weighted by molar-refractivity contribution is 1.17. The molecule has 0 unspecified atom stereocenters. The summed E-state index contributed by atoms with van der Waals surface area (Å²) in [7, 11) is 0. The standard InChI is InChI=1S/C12H12N2S/c1-3-11-9(2)13-14(12(11)15)10-7-5-4-6-8-10/h3-8H,1-2H3/b11-3-. The summed E-state index contributed by atoms with van der Waals surface area (Å²) < 4.78 is 0. The van der Waals surface area contributed by atoms with Crippen LogP contribution in [0.3, 0.4) is 0 Å². The van der Waals surface area contributed by atoms with Crippen molar-refractivity contribution in [2.24, 2.45) is 5.10 Å². The van der Waals surface area contributed by atoms with Gasteiger partial charge < -0.3 is 0 Å². The smallest absolute Gasteiger partial charge is 0.137 e. The van der Waals surface area contributed by atoms with Gasteiger partial charge in [-0.05, 0) is 26.0 Å². The molecule has 0 amide bonds. The van der Waals surface area contributed by atoms with Crippen LogP contribution in [0.2, 0.25) is 0 Å². The van der Waals surface area contributed by atoms with E-state index in [1.165, 1.54) is 0 Å². The lowest BCUT2D eigenvalue weighted by Crippen LogP contribution is -2.19. The fraction of sp³-hybridized carbons (Fsp3) is 0.167. The minimum atomic E-state index is 0.779. The molecule has 0 fully saturated rings. The van der Waals surface area contributed by atoms with E-state index < -0.39 is 0 Å². The average Bonchev–Trinajstić information content (AvgIpc) is 2.55. The molecule has 1 aromatic carbocycles. The van der Waals surface area contributed by atoms with Crippen LogP contribution in [0.25, 0.3) is 0 Å². The molecule has 0 radical (unpaired) electrons. The number of hydrazone groups is 1. The van der Waals surface area contributed by atoms with Crippen molar-refractivity contribution in [3.63, 3.8) is 0 Å². The Morgan fingerprint density at radius 2 is 1.93 bits per heavy atom. The van der Waals surface area contributed by atoms with Gasteiger partial charge in [-0.1, -0.05) is 36.5 Å². The second-order valence-corrected chi connectivity index (χ2v) is 3.73. The van der Waals surface area contributed by atoms with E-state index in [1.54, 1.807) is 5.01 Å². The summed E-state index contributed by atoms with van der Waals surface area (Å²) in [6.45, 7) is 3.96. The molecule has 1 aliphatic heterocycles. The van der Waals surface area contributed by atoms with E-state index in [4.69, 9.17) is 12.2 Å². The number of allylic oxidation sites excluding steroid dienone is 1. The van der Waals surface area contributed by atoms with Crippen LogP contribution >= 0.6 is 12.2 Å². The SMILES string of the molecule is C/C=C1\C(=S)N(c2ccccc2)N=C1C. The monoisotopic (exact) mass is 216 g/mol.